The fourth-order valence-electron chi connectivity index (χ4n) is 2.97. The standard InChI is InChI=1S/C21H38O2Si3/c1-12-24(7,8)20(3,4)23-26(11,19-17-15-14-16-18-19)21(5,6)22-25(9,10)13-2/h12-18H,1-2H2,3-11H3. The van der Waals surface area contributed by atoms with Crippen molar-refractivity contribution in [1.29, 1.82) is 0 Å². The lowest BCUT2D eigenvalue weighted by molar-refractivity contribution is 0.105. The Hall–Kier alpha value is -0.729. The minimum Gasteiger partial charge on any atom is -0.408 e. The minimum absolute atomic E-state index is 0.244. The molecule has 0 spiro atoms. The molecule has 26 heavy (non-hydrogen) atoms. The lowest BCUT2D eigenvalue weighted by atomic mass is 10.4. The van der Waals surface area contributed by atoms with E-state index in [0.29, 0.717) is 0 Å². The third kappa shape index (κ3) is 4.75. The summed E-state index contributed by atoms with van der Waals surface area (Å²) in [7, 11) is -6.25. The van der Waals surface area contributed by atoms with Gasteiger partial charge in [0.05, 0.1) is 5.22 Å². The molecule has 1 rings (SSSR count). The smallest absolute Gasteiger partial charge is 0.250 e. The zero-order valence-corrected chi connectivity index (χ0v) is 21.3. The molecule has 0 aliphatic rings. The van der Waals surface area contributed by atoms with E-state index in [9.17, 15) is 0 Å². The molecule has 0 radical (unpaired) electrons. The number of benzene rings is 1. The molecule has 0 bridgehead atoms. The van der Waals surface area contributed by atoms with E-state index < -0.39 is 24.7 Å². The predicted molar refractivity (Wildman–Crippen MR) is 123 cm³/mol. The Morgan fingerprint density at radius 2 is 1.27 bits per heavy atom. The Morgan fingerprint density at radius 3 is 1.69 bits per heavy atom. The van der Waals surface area contributed by atoms with Gasteiger partial charge in [0, 0.05) is 5.22 Å². The van der Waals surface area contributed by atoms with Crippen molar-refractivity contribution in [2.45, 2.75) is 70.9 Å². The van der Waals surface area contributed by atoms with Crippen LogP contribution in [0.25, 0.3) is 0 Å². The Morgan fingerprint density at radius 1 is 0.769 bits per heavy atom. The third-order valence-corrected chi connectivity index (χ3v) is 17.4. The molecule has 1 aromatic rings. The van der Waals surface area contributed by atoms with Crippen molar-refractivity contribution in [2.24, 2.45) is 0 Å². The Balaban J connectivity index is 3.51. The molecule has 5 heteroatoms. The van der Waals surface area contributed by atoms with Crippen LogP contribution in [-0.4, -0.2) is 35.2 Å². The molecule has 0 fully saturated rings. The highest BCUT2D eigenvalue weighted by molar-refractivity contribution is 6.91. The summed E-state index contributed by atoms with van der Waals surface area (Å²) in [6.07, 6.45) is 0. The first-order chi connectivity index (χ1) is 11.6. The number of rotatable bonds is 9. The van der Waals surface area contributed by atoms with Gasteiger partial charge in [-0.2, -0.15) is 0 Å². The SMILES string of the molecule is C=C[Si](C)(C)OC(C)(C)[Si](C)(OC(C)(C)[Si](C)(C)C=C)c1ccccc1. The number of hydrogen-bond donors (Lipinski definition) is 0. The van der Waals surface area contributed by atoms with Gasteiger partial charge >= 0.3 is 0 Å². The minimum atomic E-state index is -2.49. The fourth-order valence-corrected chi connectivity index (χ4v) is 11.0. The van der Waals surface area contributed by atoms with Gasteiger partial charge in [-0.1, -0.05) is 54.8 Å². The van der Waals surface area contributed by atoms with Crippen LogP contribution in [0, 0.1) is 0 Å². The molecule has 1 aromatic carbocycles. The summed E-state index contributed by atoms with van der Waals surface area (Å²) >= 11 is 0. The molecule has 2 nitrogen and oxygen atoms in total. The summed E-state index contributed by atoms with van der Waals surface area (Å²) < 4.78 is 13.8. The van der Waals surface area contributed by atoms with Crippen LogP contribution in [0.4, 0.5) is 0 Å². The molecule has 1 atom stereocenters. The van der Waals surface area contributed by atoms with Crippen LogP contribution in [0.2, 0.25) is 32.7 Å². The second-order valence-electron chi connectivity index (χ2n) is 9.36. The molecule has 0 saturated heterocycles. The molecule has 0 aliphatic heterocycles. The zero-order valence-electron chi connectivity index (χ0n) is 18.3. The van der Waals surface area contributed by atoms with E-state index in [1.54, 1.807) is 0 Å². The van der Waals surface area contributed by atoms with Crippen LogP contribution < -0.4 is 5.19 Å². The van der Waals surface area contributed by atoms with Gasteiger partial charge in [-0.25, -0.2) is 0 Å². The topological polar surface area (TPSA) is 18.5 Å². The summed E-state index contributed by atoms with van der Waals surface area (Å²) in [6.45, 7) is 28.2. The van der Waals surface area contributed by atoms with Gasteiger partial charge < -0.3 is 8.85 Å². The lowest BCUT2D eigenvalue weighted by Crippen LogP contribution is -2.71. The van der Waals surface area contributed by atoms with Crippen molar-refractivity contribution in [3.63, 3.8) is 0 Å². The van der Waals surface area contributed by atoms with Crippen LogP contribution in [0.3, 0.4) is 0 Å². The van der Waals surface area contributed by atoms with E-state index in [1.807, 2.05) is 5.70 Å². The van der Waals surface area contributed by atoms with Crippen molar-refractivity contribution in [3.8, 4) is 0 Å². The van der Waals surface area contributed by atoms with Crippen LogP contribution in [0.5, 0.6) is 0 Å². The summed E-state index contributed by atoms with van der Waals surface area (Å²) in [5, 5.41) is 0.633. The molecule has 0 amide bonds. The summed E-state index contributed by atoms with van der Waals surface area (Å²) in [6, 6.07) is 10.6. The first kappa shape index (κ1) is 23.3. The highest BCUT2D eigenvalue weighted by Gasteiger charge is 2.54. The van der Waals surface area contributed by atoms with Crippen LogP contribution >= 0.6 is 0 Å². The molecule has 0 aromatic heterocycles. The van der Waals surface area contributed by atoms with Crippen molar-refractivity contribution in [3.05, 3.63) is 54.9 Å². The van der Waals surface area contributed by atoms with Gasteiger partial charge in [0.1, 0.15) is 8.07 Å². The Bertz CT molecular complexity index is 636. The average molecular weight is 407 g/mol. The zero-order chi connectivity index (χ0) is 20.4. The molecule has 0 saturated carbocycles. The van der Waals surface area contributed by atoms with Crippen LogP contribution in [-0.2, 0) is 8.85 Å². The molecule has 0 heterocycles. The average Bonchev–Trinajstić information content (AvgIpc) is 2.54. The molecule has 146 valence electrons. The van der Waals surface area contributed by atoms with Gasteiger partial charge in [-0.15, -0.1) is 13.2 Å². The third-order valence-electron chi connectivity index (χ3n) is 6.00. The van der Waals surface area contributed by atoms with E-state index in [-0.39, 0.29) is 10.4 Å². The van der Waals surface area contributed by atoms with E-state index in [4.69, 9.17) is 8.85 Å². The second-order valence-corrected chi connectivity index (χ2v) is 22.3. The first-order valence-electron chi connectivity index (χ1n) is 9.37. The normalized spacial score (nSPS) is 16.0. The maximum Gasteiger partial charge on any atom is 0.250 e. The highest BCUT2D eigenvalue weighted by Crippen LogP contribution is 2.36. The van der Waals surface area contributed by atoms with E-state index in [0.717, 1.165) is 0 Å². The van der Waals surface area contributed by atoms with Crippen molar-refractivity contribution >= 4 is 29.9 Å². The molecular formula is C21H38O2Si3. The molecule has 0 aliphatic carbocycles. The first-order valence-corrected chi connectivity index (χ1v) is 17.8. The highest BCUT2D eigenvalue weighted by atomic mass is 28.4. The lowest BCUT2D eigenvalue weighted by Gasteiger charge is -2.51. The van der Waals surface area contributed by atoms with Crippen LogP contribution in [0.15, 0.2) is 54.9 Å². The monoisotopic (exact) mass is 406 g/mol. The largest absolute Gasteiger partial charge is 0.408 e. The van der Waals surface area contributed by atoms with E-state index in [2.05, 4.69) is 110 Å². The second kappa shape index (κ2) is 7.72. The molecule has 1 unspecified atom stereocenters. The molecule has 0 N–H and O–H groups in total. The van der Waals surface area contributed by atoms with Crippen LogP contribution in [0.1, 0.15) is 27.7 Å². The summed E-state index contributed by atoms with van der Waals surface area (Å²) in [5.74, 6) is 0. The van der Waals surface area contributed by atoms with Gasteiger partial charge in [0.25, 0.3) is 8.32 Å². The van der Waals surface area contributed by atoms with Gasteiger partial charge in [0.15, 0.2) is 0 Å². The Labute approximate surface area is 164 Å². The predicted octanol–water partition coefficient (Wildman–Crippen LogP) is 5.50. The van der Waals surface area contributed by atoms with Gasteiger partial charge in [0.2, 0.25) is 8.32 Å². The van der Waals surface area contributed by atoms with Crippen molar-refractivity contribution in [1.82, 2.24) is 0 Å². The number of hydrogen-bond acceptors (Lipinski definition) is 2. The van der Waals surface area contributed by atoms with E-state index >= 15 is 0 Å². The fraction of sp³-hybridized carbons (Fsp3) is 0.524. The van der Waals surface area contributed by atoms with E-state index in [1.165, 1.54) is 5.19 Å². The van der Waals surface area contributed by atoms with Gasteiger partial charge in [-0.05, 0) is 52.5 Å². The Kier molecular flexibility index (Phi) is 6.92. The maximum atomic E-state index is 7.11. The van der Waals surface area contributed by atoms with Gasteiger partial charge in [-0.3, -0.25) is 0 Å². The quantitative estimate of drug-likeness (QED) is 0.504. The van der Waals surface area contributed by atoms with Crippen molar-refractivity contribution < 1.29 is 8.85 Å². The summed E-state index contributed by atoms with van der Waals surface area (Å²) in [4.78, 5) is 0. The maximum absolute atomic E-state index is 7.11. The molecular weight excluding hydrogens is 368 g/mol. The summed E-state index contributed by atoms with van der Waals surface area (Å²) in [5.41, 5.74) is 4.13. The van der Waals surface area contributed by atoms with Crippen molar-refractivity contribution in [2.75, 3.05) is 0 Å².